The van der Waals surface area contributed by atoms with Gasteiger partial charge in [0.25, 0.3) is 0 Å². The van der Waals surface area contributed by atoms with Crippen LogP contribution < -0.4 is 15.8 Å². The van der Waals surface area contributed by atoms with Crippen LogP contribution in [0.4, 0.5) is 5.82 Å². The van der Waals surface area contributed by atoms with Crippen LogP contribution in [0.2, 0.25) is 0 Å². The zero-order valence-electron chi connectivity index (χ0n) is 21.7. The Morgan fingerprint density at radius 2 is 2.14 bits per heavy atom. The lowest BCUT2D eigenvalue weighted by molar-refractivity contribution is -0.124. The van der Waals surface area contributed by atoms with Crippen molar-refractivity contribution in [3.8, 4) is 16.9 Å². The molecule has 1 aromatic carbocycles. The van der Waals surface area contributed by atoms with E-state index in [4.69, 9.17) is 15.2 Å². The van der Waals surface area contributed by atoms with Gasteiger partial charge in [-0.2, -0.15) is 0 Å². The lowest BCUT2D eigenvalue weighted by Crippen LogP contribution is -2.50. The molecule has 1 atom stereocenters. The number of benzene rings is 1. The van der Waals surface area contributed by atoms with E-state index in [1.54, 1.807) is 6.33 Å². The first kappa shape index (κ1) is 24.2. The molecule has 1 amide bonds. The lowest BCUT2D eigenvalue weighted by Gasteiger charge is -2.40. The van der Waals surface area contributed by atoms with E-state index in [2.05, 4.69) is 56.9 Å². The third kappa shape index (κ3) is 5.02. The third-order valence-corrected chi connectivity index (χ3v) is 8.01. The summed E-state index contributed by atoms with van der Waals surface area (Å²) in [6.07, 6.45) is 8.03. The van der Waals surface area contributed by atoms with Gasteiger partial charge in [0, 0.05) is 37.4 Å². The number of nitrogens with one attached hydrogen (secondary N) is 1. The molecule has 0 bridgehead atoms. The molecule has 3 aliphatic rings. The van der Waals surface area contributed by atoms with Crippen LogP contribution in [0.25, 0.3) is 22.2 Å². The van der Waals surface area contributed by atoms with Gasteiger partial charge in [-0.15, -0.1) is 0 Å². The molecule has 37 heavy (non-hydrogen) atoms. The molecular weight excluding hydrogens is 468 g/mol. The number of piperazine rings is 1. The molecule has 3 aromatic rings. The fraction of sp³-hybridized carbons (Fsp3) is 0.536. The van der Waals surface area contributed by atoms with Crippen molar-refractivity contribution >= 4 is 22.8 Å². The van der Waals surface area contributed by atoms with Crippen LogP contribution in [0.3, 0.4) is 0 Å². The molecule has 1 unspecified atom stereocenters. The second-order valence-electron chi connectivity index (χ2n) is 11.4. The van der Waals surface area contributed by atoms with Gasteiger partial charge in [0.1, 0.15) is 30.1 Å². The summed E-state index contributed by atoms with van der Waals surface area (Å²) in [5.41, 5.74) is 9.23. The molecule has 2 aromatic heterocycles. The first-order valence-electron chi connectivity index (χ1n) is 13.4. The zero-order valence-corrected chi connectivity index (χ0v) is 21.7. The van der Waals surface area contributed by atoms with Crippen LogP contribution in [0, 0.1) is 5.92 Å². The number of nitrogen functional groups attached to an aromatic ring is 1. The first-order chi connectivity index (χ1) is 17.8. The Hall–Kier alpha value is -3.17. The smallest absolute Gasteiger partial charge is 0.234 e. The van der Waals surface area contributed by atoms with Gasteiger partial charge in [-0.1, -0.05) is 12.1 Å². The van der Waals surface area contributed by atoms with E-state index in [0.29, 0.717) is 30.9 Å². The average Bonchev–Trinajstić information content (AvgIpc) is 3.40. The first-order valence-corrected chi connectivity index (χ1v) is 13.4. The van der Waals surface area contributed by atoms with Crippen LogP contribution in [0.15, 0.2) is 36.8 Å². The summed E-state index contributed by atoms with van der Waals surface area (Å²) >= 11 is 0. The maximum atomic E-state index is 11.7. The van der Waals surface area contributed by atoms with Crippen molar-refractivity contribution in [2.24, 2.45) is 5.92 Å². The third-order valence-electron chi connectivity index (χ3n) is 8.01. The van der Waals surface area contributed by atoms with E-state index < -0.39 is 0 Å². The number of aromatic nitrogens is 3. The maximum absolute atomic E-state index is 11.7. The standard InChI is InChI=1S/C28H36N6O3/c1-28(2)7-6-22(37-28)16-36-21-5-3-4-19(12-21)23-14-34(27-25(23)26(29)31-17-32-27)20-10-18(11-20)13-33-9-8-30-24(35)15-33/h3-5,12,14,17-18,20,22H,6-11,13,15-16H2,1-2H3,(H,30,35)(H2,29,31,32)/t18-,20+,22?. The van der Waals surface area contributed by atoms with Crippen molar-refractivity contribution in [1.29, 1.82) is 0 Å². The molecule has 9 nitrogen and oxygen atoms in total. The molecule has 6 rings (SSSR count). The van der Waals surface area contributed by atoms with Gasteiger partial charge in [-0.05, 0) is 63.1 Å². The van der Waals surface area contributed by atoms with Crippen LogP contribution in [-0.2, 0) is 9.53 Å². The highest BCUT2D eigenvalue weighted by Crippen LogP contribution is 2.43. The molecule has 1 aliphatic carbocycles. The van der Waals surface area contributed by atoms with Gasteiger partial charge in [-0.25, -0.2) is 9.97 Å². The van der Waals surface area contributed by atoms with Crippen LogP contribution >= 0.6 is 0 Å². The summed E-state index contributed by atoms with van der Waals surface area (Å²) in [5, 5.41) is 3.79. The number of anilines is 1. The molecule has 196 valence electrons. The Kier molecular flexibility index (Phi) is 6.28. The summed E-state index contributed by atoms with van der Waals surface area (Å²) in [4.78, 5) is 22.9. The topological polar surface area (TPSA) is 108 Å². The van der Waals surface area contributed by atoms with Gasteiger partial charge >= 0.3 is 0 Å². The van der Waals surface area contributed by atoms with Gasteiger partial charge in [-0.3, -0.25) is 9.69 Å². The summed E-state index contributed by atoms with van der Waals surface area (Å²) in [5.74, 6) is 2.01. The molecule has 3 fully saturated rings. The predicted molar refractivity (Wildman–Crippen MR) is 142 cm³/mol. The Bertz CT molecular complexity index is 1300. The van der Waals surface area contributed by atoms with E-state index in [1.165, 1.54) is 0 Å². The number of hydrogen-bond acceptors (Lipinski definition) is 7. The number of nitrogens with zero attached hydrogens (tertiary/aromatic N) is 4. The summed E-state index contributed by atoms with van der Waals surface area (Å²) in [7, 11) is 0. The number of ether oxygens (including phenoxy) is 2. The molecule has 3 N–H and O–H groups in total. The largest absolute Gasteiger partial charge is 0.491 e. The Morgan fingerprint density at radius 1 is 1.27 bits per heavy atom. The number of carbonyl (C=O) groups excluding carboxylic acids is 1. The van der Waals surface area contributed by atoms with Gasteiger partial charge in [0.05, 0.1) is 23.6 Å². The minimum atomic E-state index is -0.0713. The summed E-state index contributed by atoms with van der Waals surface area (Å²) in [6.45, 7) is 7.95. The zero-order chi connectivity index (χ0) is 25.6. The monoisotopic (exact) mass is 504 g/mol. The SMILES string of the molecule is CC1(C)CCC(COc2cccc(-c3cn([C@H]4C[C@@H](CN5CCNC(=O)C5)C4)c4ncnc(N)c34)c2)O1. The number of rotatable bonds is 7. The molecule has 4 heterocycles. The van der Waals surface area contributed by atoms with E-state index in [0.717, 1.165) is 73.2 Å². The number of fused-ring (bicyclic) bond motifs is 1. The van der Waals surface area contributed by atoms with Crippen molar-refractivity contribution in [2.75, 3.05) is 38.5 Å². The van der Waals surface area contributed by atoms with E-state index in [-0.39, 0.29) is 17.6 Å². The highest BCUT2D eigenvalue weighted by atomic mass is 16.6. The molecule has 0 spiro atoms. The minimum absolute atomic E-state index is 0.0713. The highest BCUT2D eigenvalue weighted by Gasteiger charge is 2.35. The highest BCUT2D eigenvalue weighted by molar-refractivity contribution is 6.00. The number of hydrogen-bond donors (Lipinski definition) is 2. The molecule has 9 heteroatoms. The van der Waals surface area contributed by atoms with Crippen LogP contribution in [0.1, 0.15) is 45.6 Å². The predicted octanol–water partition coefficient (Wildman–Crippen LogP) is 3.40. The Balaban J connectivity index is 1.19. The number of amides is 1. The van der Waals surface area contributed by atoms with E-state index >= 15 is 0 Å². The van der Waals surface area contributed by atoms with E-state index in [1.807, 2.05) is 12.1 Å². The Morgan fingerprint density at radius 3 is 2.92 bits per heavy atom. The summed E-state index contributed by atoms with van der Waals surface area (Å²) in [6, 6.07) is 8.51. The fourth-order valence-corrected chi connectivity index (χ4v) is 6.03. The maximum Gasteiger partial charge on any atom is 0.234 e. The van der Waals surface area contributed by atoms with Crippen molar-refractivity contribution in [1.82, 2.24) is 24.8 Å². The minimum Gasteiger partial charge on any atom is -0.491 e. The quantitative estimate of drug-likeness (QED) is 0.508. The van der Waals surface area contributed by atoms with Crippen LogP contribution in [-0.4, -0.2) is 69.8 Å². The normalized spacial score (nSPS) is 25.7. The Labute approximate surface area is 217 Å². The van der Waals surface area contributed by atoms with Crippen molar-refractivity contribution in [2.45, 2.75) is 57.3 Å². The molecule has 2 saturated heterocycles. The molecule has 0 radical (unpaired) electrons. The summed E-state index contributed by atoms with van der Waals surface area (Å²) < 4.78 is 14.5. The lowest BCUT2D eigenvalue weighted by atomic mass is 9.79. The van der Waals surface area contributed by atoms with Gasteiger partial charge in [0.15, 0.2) is 0 Å². The van der Waals surface area contributed by atoms with Crippen LogP contribution in [0.5, 0.6) is 5.75 Å². The molecule has 1 saturated carbocycles. The van der Waals surface area contributed by atoms with Crippen molar-refractivity contribution in [3.63, 3.8) is 0 Å². The van der Waals surface area contributed by atoms with E-state index in [9.17, 15) is 4.79 Å². The number of carbonyl (C=O) groups is 1. The second kappa shape index (κ2) is 9.61. The second-order valence-corrected chi connectivity index (χ2v) is 11.4. The number of nitrogens with two attached hydrogens (primary N) is 1. The molecule has 2 aliphatic heterocycles. The van der Waals surface area contributed by atoms with Gasteiger partial charge < -0.3 is 25.1 Å². The van der Waals surface area contributed by atoms with Crippen molar-refractivity contribution < 1.29 is 14.3 Å². The average molecular weight is 505 g/mol. The fourth-order valence-electron chi connectivity index (χ4n) is 6.03. The molecular formula is C28H36N6O3. The van der Waals surface area contributed by atoms with Crippen molar-refractivity contribution in [3.05, 3.63) is 36.8 Å². The van der Waals surface area contributed by atoms with Gasteiger partial charge in [0.2, 0.25) is 5.91 Å².